The molecule has 0 radical (unpaired) electrons. The molecule has 0 amide bonds. The minimum Gasteiger partial charge on any atom is -0.481 e. The Hall–Kier alpha value is -1.55. The van der Waals surface area contributed by atoms with Gasteiger partial charge in [0.2, 0.25) is 0 Å². The Bertz CT molecular complexity index is 448. The van der Waals surface area contributed by atoms with Gasteiger partial charge < -0.3 is 14.6 Å². The van der Waals surface area contributed by atoms with E-state index in [4.69, 9.17) is 14.6 Å². The molecule has 102 valence electrons. The van der Waals surface area contributed by atoms with E-state index in [2.05, 4.69) is 0 Å². The first kappa shape index (κ1) is 12.5. The van der Waals surface area contributed by atoms with Crippen molar-refractivity contribution in [1.82, 2.24) is 0 Å². The van der Waals surface area contributed by atoms with Crippen LogP contribution in [0.5, 0.6) is 5.75 Å². The smallest absolute Gasteiger partial charge is 0.307 e. The van der Waals surface area contributed by atoms with Crippen LogP contribution in [0.25, 0.3) is 0 Å². The SMILES string of the molecule is O=C(O)[C@H]1C[C@@H]1c1ccc(OC2CCCCO2)cc1. The number of hydrogen-bond acceptors (Lipinski definition) is 3. The van der Waals surface area contributed by atoms with E-state index >= 15 is 0 Å². The standard InChI is InChI=1S/C15H18O4/c16-15(17)13-9-12(13)10-4-6-11(7-5-10)19-14-3-1-2-8-18-14/h4-7,12-14H,1-3,8-9H2,(H,16,17)/t12-,13+,14?/m1/s1. The number of carbonyl (C=O) groups is 1. The summed E-state index contributed by atoms with van der Waals surface area (Å²) in [5.74, 6) is 0.0787. The highest BCUT2D eigenvalue weighted by Gasteiger charge is 2.44. The first-order valence-electron chi connectivity index (χ1n) is 6.85. The third kappa shape index (κ3) is 2.89. The van der Waals surface area contributed by atoms with Crippen LogP contribution in [0.2, 0.25) is 0 Å². The minimum absolute atomic E-state index is 0.132. The average Bonchev–Trinajstić information content (AvgIpc) is 3.21. The Morgan fingerprint density at radius 3 is 2.63 bits per heavy atom. The predicted octanol–water partition coefficient (Wildman–Crippen LogP) is 2.78. The highest BCUT2D eigenvalue weighted by atomic mass is 16.7. The van der Waals surface area contributed by atoms with Gasteiger partial charge in [-0.25, -0.2) is 0 Å². The second-order valence-electron chi connectivity index (χ2n) is 5.27. The Balaban J connectivity index is 1.58. The van der Waals surface area contributed by atoms with Gasteiger partial charge in [0.25, 0.3) is 0 Å². The molecule has 1 N–H and O–H groups in total. The molecule has 1 aromatic carbocycles. The van der Waals surface area contributed by atoms with Gasteiger partial charge in [-0.15, -0.1) is 0 Å². The molecule has 4 heteroatoms. The molecule has 19 heavy (non-hydrogen) atoms. The van der Waals surface area contributed by atoms with Gasteiger partial charge in [0.05, 0.1) is 12.5 Å². The zero-order valence-electron chi connectivity index (χ0n) is 10.7. The molecule has 3 atom stereocenters. The van der Waals surface area contributed by atoms with Gasteiger partial charge in [0.15, 0.2) is 6.29 Å². The molecule has 0 aromatic heterocycles. The molecular formula is C15H18O4. The van der Waals surface area contributed by atoms with E-state index in [-0.39, 0.29) is 18.1 Å². The molecule has 0 spiro atoms. The van der Waals surface area contributed by atoms with Gasteiger partial charge in [-0.2, -0.15) is 0 Å². The number of rotatable bonds is 4. The van der Waals surface area contributed by atoms with E-state index < -0.39 is 5.97 Å². The molecule has 2 fully saturated rings. The molecule has 1 aliphatic carbocycles. The quantitative estimate of drug-likeness (QED) is 0.906. The number of hydrogen-bond donors (Lipinski definition) is 1. The van der Waals surface area contributed by atoms with E-state index in [0.29, 0.717) is 0 Å². The summed E-state index contributed by atoms with van der Waals surface area (Å²) in [5.41, 5.74) is 1.09. The van der Waals surface area contributed by atoms with Crippen LogP contribution in [0.1, 0.15) is 37.2 Å². The second-order valence-corrected chi connectivity index (χ2v) is 5.27. The molecule has 3 rings (SSSR count). The first-order chi connectivity index (χ1) is 9.24. The lowest BCUT2D eigenvalue weighted by Crippen LogP contribution is -2.24. The van der Waals surface area contributed by atoms with Crippen molar-refractivity contribution in [3.05, 3.63) is 29.8 Å². The van der Waals surface area contributed by atoms with E-state index in [1.807, 2.05) is 24.3 Å². The fourth-order valence-electron chi connectivity index (χ4n) is 2.59. The van der Waals surface area contributed by atoms with E-state index in [0.717, 1.165) is 43.6 Å². The molecular weight excluding hydrogens is 244 g/mol. The summed E-state index contributed by atoms with van der Waals surface area (Å²) in [6, 6.07) is 7.74. The van der Waals surface area contributed by atoms with Crippen LogP contribution < -0.4 is 4.74 Å². The van der Waals surface area contributed by atoms with Crippen molar-refractivity contribution in [2.75, 3.05) is 6.61 Å². The van der Waals surface area contributed by atoms with Gasteiger partial charge in [-0.05, 0) is 42.9 Å². The van der Waals surface area contributed by atoms with Crippen LogP contribution >= 0.6 is 0 Å². The molecule has 1 heterocycles. The van der Waals surface area contributed by atoms with Crippen LogP contribution in [-0.4, -0.2) is 24.0 Å². The summed E-state index contributed by atoms with van der Waals surface area (Å²) >= 11 is 0. The van der Waals surface area contributed by atoms with E-state index in [1.165, 1.54) is 0 Å². The number of ether oxygens (including phenoxy) is 2. The lowest BCUT2D eigenvalue weighted by atomic mass is 10.1. The van der Waals surface area contributed by atoms with Crippen molar-refractivity contribution in [2.45, 2.75) is 37.9 Å². The summed E-state index contributed by atoms with van der Waals surface area (Å²) in [4.78, 5) is 10.8. The van der Waals surface area contributed by atoms with Gasteiger partial charge in [0, 0.05) is 6.42 Å². The maximum absolute atomic E-state index is 10.8. The zero-order valence-corrected chi connectivity index (χ0v) is 10.7. The van der Waals surface area contributed by atoms with Crippen LogP contribution in [0.3, 0.4) is 0 Å². The summed E-state index contributed by atoms with van der Waals surface area (Å²) in [6.45, 7) is 0.769. The maximum atomic E-state index is 10.8. The minimum atomic E-state index is -0.694. The van der Waals surface area contributed by atoms with Crippen molar-refractivity contribution in [2.24, 2.45) is 5.92 Å². The molecule has 4 nitrogen and oxygen atoms in total. The largest absolute Gasteiger partial charge is 0.481 e. The molecule has 1 unspecified atom stereocenters. The Morgan fingerprint density at radius 2 is 2.05 bits per heavy atom. The maximum Gasteiger partial charge on any atom is 0.307 e. The number of carboxylic acid groups (broad SMARTS) is 1. The molecule has 1 saturated carbocycles. The molecule has 0 bridgehead atoms. The Morgan fingerprint density at radius 1 is 1.26 bits per heavy atom. The topological polar surface area (TPSA) is 55.8 Å². The summed E-state index contributed by atoms with van der Waals surface area (Å²) in [7, 11) is 0. The van der Waals surface area contributed by atoms with Crippen molar-refractivity contribution < 1.29 is 19.4 Å². The van der Waals surface area contributed by atoms with Crippen LogP contribution in [0, 0.1) is 5.92 Å². The summed E-state index contributed by atoms with van der Waals surface area (Å²) in [5, 5.41) is 8.91. The number of carboxylic acids is 1. The van der Waals surface area contributed by atoms with E-state index in [1.54, 1.807) is 0 Å². The molecule has 1 aromatic rings. The van der Waals surface area contributed by atoms with E-state index in [9.17, 15) is 4.79 Å². The zero-order chi connectivity index (χ0) is 13.2. The third-order valence-electron chi connectivity index (χ3n) is 3.82. The van der Waals surface area contributed by atoms with Gasteiger partial charge in [0.1, 0.15) is 5.75 Å². The fourth-order valence-corrected chi connectivity index (χ4v) is 2.59. The Labute approximate surface area is 112 Å². The molecule has 1 aliphatic heterocycles. The summed E-state index contributed by atoms with van der Waals surface area (Å²) in [6.07, 6.45) is 3.81. The third-order valence-corrected chi connectivity index (χ3v) is 3.82. The summed E-state index contributed by atoms with van der Waals surface area (Å²) < 4.78 is 11.3. The van der Waals surface area contributed by atoms with Crippen molar-refractivity contribution in [3.63, 3.8) is 0 Å². The lowest BCUT2D eigenvalue weighted by molar-refractivity contribution is -0.138. The van der Waals surface area contributed by atoms with Gasteiger partial charge in [-0.3, -0.25) is 4.79 Å². The second kappa shape index (κ2) is 5.21. The highest BCUT2D eigenvalue weighted by Crippen LogP contribution is 2.47. The normalized spacial score (nSPS) is 29.8. The monoisotopic (exact) mass is 262 g/mol. The van der Waals surface area contributed by atoms with Crippen LogP contribution in [-0.2, 0) is 9.53 Å². The van der Waals surface area contributed by atoms with Crippen LogP contribution in [0.15, 0.2) is 24.3 Å². The first-order valence-corrected chi connectivity index (χ1v) is 6.85. The van der Waals surface area contributed by atoms with Gasteiger partial charge in [-0.1, -0.05) is 12.1 Å². The molecule has 2 aliphatic rings. The van der Waals surface area contributed by atoms with Crippen molar-refractivity contribution in [1.29, 1.82) is 0 Å². The Kier molecular flexibility index (Phi) is 3.42. The fraction of sp³-hybridized carbons (Fsp3) is 0.533. The lowest BCUT2D eigenvalue weighted by Gasteiger charge is -2.23. The number of aliphatic carboxylic acids is 1. The predicted molar refractivity (Wildman–Crippen MR) is 69.1 cm³/mol. The van der Waals surface area contributed by atoms with Crippen molar-refractivity contribution in [3.8, 4) is 5.75 Å². The van der Waals surface area contributed by atoms with Crippen molar-refractivity contribution >= 4 is 5.97 Å². The number of benzene rings is 1. The average molecular weight is 262 g/mol. The van der Waals surface area contributed by atoms with Crippen LogP contribution in [0.4, 0.5) is 0 Å². The molecule has 1 saturated heterocycles. The van der Waals surface area contributed by atoms with Gasteiger partial charge >= 0.3 is 5.97 Å². The highest BCUT2D eigenvalue weighted by molar-refractivity contribution is 5.75.